The molecule has 0 saturated carbocycles. The number of amides is 1. The molecule has 0 spiro atoms. The Labute approximate surface area is 106 Å². The summed E-state index contributed by atoms with van der Waals surface area (Å²) < 4.78 is 27.7. The molecular weight excluding hydrogens is 256 g/mol. The van der Waals surface area contributed by atoms with E-state index >= 15 is 0 Å². The van der Waals surface area contributed by atoms with Crippen LogP contribution in [0.4, 0.5) is 0 Å². The molecule has 0 bridgehead atoms. The fraction of sp³-hybridized carbons (Fsp3) is 0.545. The van der Waals surface area contributed by atoms with Crippen molar-refractivity contribution in [2.45, 2.75) is 25.2 Å². The van der Waals surface area contributed by atoms with Crippen LogP contribution in [0.25, 0.3) is 0 Å². The fourth-order valence-electron chi connectivity index (χ4n) is 2.13. The van der Waals surface area contributed by atoms with Gasteiger partial charge in [-0.25, -0.2) is 13.6 Å². The molecular formula is C11H16N2O4S. The zero-order chi connectivity index (χ0) is 13.5. The van der Waals surface area contributed by atoms with Crippen molar-refractivity contribution in [3.8, 4) is 0 Å². The summed E-state index contributed by atoms with van der Waals surface area (Å²) in [6, 6.07) is 1.20. The quantitative estimate of drug-likeness (QED) is 0.858. The van der Waals surface area contributed by atoms with Gasteiger partial charge in [0, 0.05) is 19.2 Å². The molecule has 0 aromatic carbocycles. The first-order valence-electron chi connectivity index (χ1n) is 5.71. The van der Waals surface area contributed by atoms with Crippen molar-refractivity contribution in [3.05, 3.63) is 17.6 Å². The Bertz CT molecular complexity index is 576. The molecule has 1 aromatic heterocycles. The molecule has 1 amide bonds. The number of nitrogens with two attached hydrogens (primary N) is 1. The van der Waals surface area contributed by atoms with Crippen LogP contribution in [0.1, 0.15) is 29.7 Å². The number of likely N-dealkylation sites (tertiary alicyclic amines) is 1. The summed E-state index contributed by atoms with van der Waals surface area (Å²) in [4.78, 5) is 13.6. The second-order valence-corrected chi connectivity index (χ2v) is 6.25. The lowest BCUT2D eigenvalue weighted by Gasteiger charge is -2.13. The molecule has 7 heteroatoms. The third-order valence-electron chi connectivity index (χ3n) is 3.10. The van der Waals surface area contributed by atoms with Crippen LogP contribution in [0.15, 0.2) is 15.4 Å². The van der Waals surface area contributed by atoms with Gasteiger partial charge in [-0.2, -0.15) is 0 Å². The van der Waals surface area contributed by atoms with Crippen LogP contribution in [0.5, 0.6) is 0 Å². The van der Waals surface area contributed by atoms with Gasteiger partial charge in [-0.1, -0.05) is 6.92 Å². The van der Waals surface area contributed by atoms with Gasteiger partial charge in [-0.05, 0) is 19.3 Å². The first kappa shape index (κ1) is 13.1. The molecule has 1 saturated heterocycles. The van der Waals surface area contributed by atoms with Gasteiger partial charge in [0.2, 0.25) is 10.0 Å². The molecule has 2 heterocycles. The second kappa shape index (κ2) is 4.40. The number of carbonyl (C=O) groups is 1. The topological polar surface area (TPSA) is 93.6 Å². The van der Waals surface area contributed by atoms with Crippen molar-refractivity contribution in [2.24, 2.45) is 11.1 Å². The van der Waals surface area contributed by atoms with Gasteiger partial charge in [-0.15, -0.1) is 0 Å². The van der Waals surface area contributed by atoms with Crippen molar-refractivity contribution < 1.29 is 17.6 Å². The Morgan fingerprint density at radius 2 is 2.22 bits per heavy atom. The molecule has 18 heavy (non-hydrogen) atoms. The van der Waals surface area contributed by atoms with E-state index in [4.69, 9.17) is 9.56 Å². The van der Waals surface area contributed by atoms with Gasteiger partial charge in [0.25, 0.3) is 5.91 Å². The minimum atomic E-state index is -3.84. The van der Waals surface area contributed by atoms with Crippen molar-refractivity contribution in [1.82, 2.24) is 4.90 Å². The first-order chi connectivity index (χ1) is 8.29. The Hall–Kier alpha value is -1.34. The summed E-state index contributed by atoms with van der Waals surface area (Å²) in [6.45, 7) is 4.88. The van der Waals surface area contributed by atoms with Crippen LogP contribution in [0, 0.1) is 12.8 Å². The minimum absolute atomic E-state index is 0.0330. The molecule has 1 aliphatic heterocycles. The average Bonchev–Trinajstić information content (AvgIpc) is 2.82. The highest BCUT2D eigenvalue weighted by Gasteiger charge is 2.28. The minimum Gasteiger partial charge on any atom is -0.455 e. The Morgan fingerprint density at radius 3 is 2.67 bits per heavy atom. The maximum atomic E-state index is 12.1. The molecule has 0 aliphatic carbocycles. The van der Waals surface area contributed by atoms with Crippen LogP contribution in [0.2, 0.25) is 0 Å². The first-order valence-corrected chi connectivity index (χ1v) is 7.26. The van der Waals surface area contributed by atoms with Crippen molar-refractivity contribution in [3.63, 3.8) is 0 Å². The van der Waals surface area contributed by atoms with E-state index in [1.54, 1.807) is 4.90 Å². The van der Waals surface area contributed by atoms with Crippen molar-refractivity contribution in [2.75, 3.05) is 13.1 Å². The third kappa shape index (κ3) is 2.41. The maximum Gasteiger partial charge on any atom is 0.289 e. The molecule has 1 unspecified atom stereocenters. The normalized spacial score (nSPS) is 20.4. The predicted molar refractivity (Wildman–Crippen MR) is 64.5 cm³/mol. The predicted octanol–water partition coefficient (Wildman–Crippen LogP) is 0.717. The van der Waals surface area contributed by atoms with Gasteiger partial charge < -0.3 is 9.32 Å². The number of hydrogen-bond acceptors (Lipinski definition) is 4. The summed E-state index contributed by atoms with van der Waals surface area (Å²) in [6.07, 6.45) is 0.952. The smallest absolute Gasteiger partial charge is 0.289 e. The van der Waals surface area contributed by atoms with E-state index in [0.29, 0.717) is 19.0 Å². The van der Waals surface area contributed by atoms with E-state index in [1.807, 2.05) is 0 Å². The number of furan rings is 1. The summed E-state index contributed by atoms with van der Waals surface area (Å²) >= 11 is 0. The van der Waals surface area contributed by atoms with E-state index in [2.05, 4.69) is 6.92 Å². The number of carbonyl (C=O) groups excluding carboxylic acids is 1. The highest BCUT2D eigenvalue weighted by Crippen LogP contribution is 2.23. The molecule has 1 atom stereocenters. The van der Waals surface area contributed by atoms with E-state index in [1.165, 1.54) is 13.0 Å². The molecule has 0 radical (unpaired) electrons. The zero-order valence-electron chi connectivity index (χ0n) is 10.3. The van der Waals surface area contributed by atoms with E-state index in [9.17, 15) is 13.2 Å². The van der Waals surface area contributed by atoms with Gasteiger partial charge in [-0.3, -0.25) is 4.79 Å². The number of sulfonamides is 1. The van der Waals surface area contributed by atoms with Crippen LogP contribution in [0.3, 0.4) is 0 Å². The lowest BCUT2D eigenvalue weighted by molar-refractivity contribution is 0.0755. The van der Waals surface area contributed by atoms with E-state index in [0.717, 1.165) is 6.42 Å². The Morgan fingerprint density at radius 1 is 1.56 bits per heavy atom. The Kier molecular flexibility index (Phi) is 3.20. The monoisotopic (exact) mass is 272 g/mol. The lowest BCUT2D eigenvalue weighted by Crippen LogP contribution is -2.28. The molecule has 1 aliphatic rings. The maximum absolute atomic E-state index is 12.1. The van der Waals surface area contributed by atoms with Crippen LogP contribution < -0.4 is 5.14 Å². The van der Waals surface area contributed by atoms with E-state index < -0.39 is 10.0 Å². The molecule has 2 rings (SSSR count). The largest absolute Gasteiger partial charge is 0.455 e. The summed E-state index contributed by atoms with van der Waals surface area (Å²) in [5.41, 5.74) is 0. The van der Waals surface area contributed by atoms with Gasteiger partial charge in [0.05, 0.1) is 0 Å². The molecule has 2 N–H and O–H groups in total. The van der Waals surface area contributed by atoms with Crippen LogP contribution in [-0.2, 0) is 10.0 Å². The summed E-state index contributed by atoms with van der Waals surface area (Å²) in [5, 5.41) is 5.03. The van der Waals surface area contributed by atoms with E-state index in [-0.39, 0.29) is 22.3 Å². The van der Waals surface area contributed by atoms with Crippen LogP contribution in [-0.4, -0.2) is 32.3 Å². The van der Waals surface area contributed by atoms with Crippen molar-refractivity contribution in [1.29, 1.82) is 0 Å². The van der Waals surface area contributed by atoms with Crippen LogP contribution >= 0.6 is 0 Å². The second-order valence-electron chi connectivity index (χ2n) is 4.72. The molecule has 1 fully saturated rings. The average molecular weight is 272 g/mol. The summed E-state index contributed by atoms with van der Waals surface area (Å²) in [5.74, 6) is 0.360. The number of rotatable bonds is 2. The number of primary sulfonamides is 1. The summed E-state index contributed by atoms with van der Waals surface area (Å²) in [7, 11) is -3.84. The number of nitrogens with zero attached hydrogens (tertiary/aromatic N) is 1. The number of hydrogen-bond donors (Lipinski definition) is 1. The van der Waals surface area contributed by atoms with Gasteiger partial charge >= 0.3 is 0 Å². The molecule has 100 valence electrons. The van der Waals surface area contributed by atoms with Gasteiger partial charge in [0.15, 0.2) is 5.76 Å². The standard InChI is InChI=1S/C11H16N2O4S/c1-7-3-4-13(6-7)11(14)9-5-10(8(2)17-9)18(12,15)16/h5,7H,3-4,6H2,1-2H3,(H2,12,15,16). The lowest BCUT2D eigenvalue weighted by atomic mass is 10.2. The van der Waals surface area contributed by atoms with Crippen molar-refractivity contribution >= 4 is 15.9 Å². The Balaban J connectivity index is 2.27. The number of aryl methyl sites for hydroxylation is 1. The highest BCUT2D eigenvalue weighted by atomic mass is 32.2. The third-order valence-corrected chi connectivity index (χ3v) is 4.12. The highest BCUT2D eigenvalue weighted by molar-refractivity contribution is 7.89. The SMILES string of the molecule is Cc1oc(C(=O)N2CCC(C)C2)cc1S(N)(=O)=O. The van der Waals surface area contributed by atoms with Gasteiger partial charge in [0.1, 0.15) is 10.7 Å². The zero-order valence-corrected chi connectivity index (χ0v) is 11.2. The molecule has 1 aromatic rings. The fourth-order valence-corrected chi connectivity index (χ4v) is 2.84. The molecule has 6 nitrogen and oxygen atoms in total.